The summed E-state index contributed by atoms with van der Waals surface area (Å²) in [7, 11) is -0.703. The Kier molecular flexibility index (Phi) is 9.32. The van der Waals surface area contributed by atoms with Crippen molar-refractivity contribution in [3.63, 3.8) is 0 Å². The van der Waals surface area contributed by atoms with Crippen molar-refractivity contribution in [2.75, 3.05) is 39.0 Å². The zero-order valence-corrected chi connectivity index (χ0v) is 24.6. The summed E-state index contributed by atoms with van der Waals surface area (Å²) in [5, 5.41) is 3.36. The van der Waals surface area contributed by atoms with Crippen LogP contribution < -0.4 is 14.8 Å². The lowest BCUT2D eigenvalue weighted by Crippen LogP contribution is -2.24. The molecule has 1 aliphatic rings. The van der Waals surface area contributed by atoms with Gasteiger partial charge in [0.2, 0.25) is 10.0 Å². The zero-order chi connectivity index (χ0) is 28.2. The van der Waals surface area contributed by atoms with Crippen LogP contribution in [0.25, 0.3) is 0 Å². The van der Waals surface area contributed by atoms with Crippen molar-refractivity contribution >= 4 is 33.1 Å². The molecule has 0 aliphatic carbocycles. The molecule has 0 spiro atoms. The summed E-state index contributed by atoms with van der Waals surface area (Å²) in [4.78, 5) is 11.5. The van der Waals surface area contributed by atoms with Gasteiger partial charge in [0, 0.05) is 45.2 Å². The second-order valence-corrected chi connectivity index (χ2v) is 12.5. The third kappa shape index (κ3) is 7.19. The number of nitrogens with one attached hydrogen (secondary N) is 1. The molecule has 0 amide bonds. The largest absolute Gasteiger partial charge is 0.491 e. The summed E-state index contributed by atoms with van der Waals surface area (Å²) < 4.78 is 39.2. The maximum atomic E-state index is 12.8. The van der Waals surface area contributed by atoms with Gasteiger partial charge in [-0.15, -0.1) is 0 Å². The van der Waals surface area contributed by atoms with Gasteiger partial charge in [0.25, 0.3) is 0 Å². The van der Waals surface area contributed by atoms with Crippen LogP contribution in [0.15, 0.2) is 53.6 Å². The Labute approximate surface area is 236 Å². The van der Waals surface area contributed by atoms with E-state index < -0.39 is 10.0 Å². The number of rotatable bonds is 11. The molecular weight excluding hydrogens is 538 g/mol. The van der Waals surface area contributed by atoms with Crippen molar-refractivity contribution in [3.8, 4) is 11.5 Å². The Balaban J connectivity index is 1.58. The van der Waals surface area contributed by atoms with E-state index in [1.54, 1.807) is 18.2 Å². The van der Waals surface area contributed by atoms with E-state index in [1.165, 1.54) is 26.4 Å². The van der Waals surface area contributed by atoms with E-state index >= 15 is 0 Å². The minimum atomic E-state index is -3.68. The molecular formula is C28H36ClN5O4S. The van der Waals surface area contributed by atoms with Crippen LogP contribution in [0.3, 0.4) is 0 Å². The van der Waals surface area contributed by atoms with Gasteiger partial charge in [-0.05, 0) is 45.0 Å². The summed E-state index contributed by atoms with van der Waals surface area (Å²) in [5.74, 6) is 2.31. The number of para-hydroxylation sites is 1. The van der Waals surface area contributed by atoms with Crippen LogP contribution in [0.5, 0.6) is 11.5 Å². The van der Waals surface area contributed by atoms with Gasteiger partial charge in [0.15, 0.2) is 5.82 Å². The molecule has 1 unspecified atom stereocenters. The van der Waals surface area contributed by atoms with E-state index in [0.29, 0.717) is 29.5 Å². The molecule has 11 heteroatoms. The fourth-order valence-electron chi connectivity index (χ4n) is 4.36. The number of halogens is 1. The topological polar surface area (TPSA) is 96.9 Å². The monoisotopic (exact) mass is 573 g/mol. The number of likely N-dealkylation sites (N-methyl/N-ethyl adjacent to an activating group) is 1. The summed E-state index contributed by atoms with van der Waals surface area (Å²) in [6.45, 7) is 9.11. The Bertz CT molecular complexity index is 1400. The molecule has 1 fully saturated rings. The molecule has 39 heavy (non-hydrogen) atoms. The number of aromatic nitrogens is 2. The highest BCUT2D eigenvalue weighted by molar-refractivity contribution is 7.89. The molecule has 3 aromatic rings. The van der Waals surface area contributed by atoms with Crippen molar-refractivity contribution in [2.45, 2.75) is 50.7 Å². The predicted octanol–water partition coefficient (Wildman–Crippen LogP) is 4.97. The summed E-state index contributed by atoms with van der Waals surface area (Å²) in [6, 6.07) is 12.5. The van der Waals surface area contributed by atoms with Crippen molar-refractivity contribution in [1.82, 2.24) is 19.2 Å². The third-order valence-electron chi connectivity index (χ3n) is 6.42. The second kappa shape index (κ2) is 12.5. The zero-order valence-electron chi connectivity index (χ0n) is 23.0. The van der Waals surface area contributed by atoms with E-state index in [2.05, 4.69) is 27.1 Å². The van der Waals surface area contributed by atoms with Crippen LogP contribution in [0.2, 0.25) is 5.02 Å². The average molecular weight is 574 g/mol. The molecule has 2 heterocycles. The summed E-state index contributed by atoms with van der Waals surface area (Å²) in [5.41, 5.74) is 1.28. The fraction of sp³-hybridized carbons (Fsp3) is 0.429. The number of ether oxygens (including phenoxy) is 2. The molecule has 210 valence electrons. The molecule has 0 radical (unpaired) electrons. The molecule has 1 aromatic heterocycles. The Hall–Kier alpha value is -2.92. The SMILES string of the molecule is CCN1CCC(Oc2ccc(Cc3ncc(Cl)c(Nc4ccccc4S(=O)(=O)N(C)C)n3)c(OC(C)C)c2)C1. The number of benzene rings is 2. The lowest BCUT2D eigenvalue weighted by molar-refractivity contribution is 0.199. The van der Waals surface area contributed by atoms with E-state index in [4.69, 9.17) is 21.1 Å². The third-order valence-corrected chi connectivity index (χ3v) is 8.57. The van der Waals surface area contributed by atoms with Gasteiger partial charge in [-0.1, -0.05) is 36.7 Å². The van der Waals surface area contributed by atoms with E-state index in [9.17, 15) is 8.42 Å². The molecule has 1 atom stereocenters. The number of nitrogens with zero attached hydrogens (tertiary/aromatic N) is 4. The molecule has 0 saturated carbocycles. The van der Waals surface area contributed by atoms with E-state index in [-0.39, 0.29) is 22.1 Å². The van der Waals surface area contributed by atoms with Crippen LogP contribution in [-0.4, -0.2) is 73.5 Å². The number of sulfonamides is 1. The van der Waals surface area contributed by atoms with Crippen molar-refractivity contribution < 1.29 is 17.9 Å². The average Bonchev–Trinajstić information content (AvgIpc) is 3.35. The van der Waals surface area contributed by atoms with Crippen LogP contribution in [0.1, 0.15) is 38.6 Å². The van der Waals surface area contributed by atoms with E-state index in [1.807, 2.05) is 32.0 Å². The number of hydrogen-bond donors (Lipinski definition) is 1. The smallest absolute Gasteiger partial charge is 0.244 e. The van der Waals surface area contributed by atoms with Crippen LogP contribution in [0.4, 0.5) is 11.5 Å². The number of hydrogen-bond acceptors (Lipinski definition) is 8. The first-order chi connectivity index (χ1) is 18.6. The van der Waals surface area contributed by atoms with Gasteiger partial charge in [0.05, 0.1) is 18.0 Å². The quantitative estimate of drug-likeness (QED) is 0.343. The van der Waals surface area contributed by atoms with Crippen LogP contribution in [0, 0.1) is 0 Å². The molecule has 1 aliphatic heterocycles. The minimum Gasteiger partial charge on any atom is -0.491 e. The first kappa shape index (κ1) is 29.1. The first-order valence-electron chi connectivity index (χ1n) is 13.1. The minimum absolute atomic E-state index is 0.0282. The van der Waals surface area contributed by atoms with Crippen LogP contribution in [-0.2, 0) is 16.4 Å². The standard InChI is InChI=1S/C28H36ClN5O4S/c1-6-34-14-13-22(18-34)38-21-12-11-20(25(16-21)37-19(2)3)15-27-30-17-23(29)28(32-27)31-24-9-7-8-10-26(24)39(35,36)33(4)5/h7-12,16-17,19,22H,6,13-15,18H2,1-5H3,(H,30,31,32). The second-order valence-electron chi connectivity index (χ2n) is 9.93. The van der Waals surface area contributed by atoms with Crippen LogP contribution >= 0.6 is 11.6 Å². The molecule has 2 aromatic carbocycles. The fourth-order valence-corrected chi connectivity index (χ4v) is 5.54. The summed E-state index contributed by atoms with van der Waals surface area (Å²) in [6.07, 6.45) is 3.03. The summed E-state index contributed by atoms with van der Waals surface area (Å²) >= 11 is 6.41. The Morgan fingerprint density at radius 1 is 1.21 bits per heavy atom. The highest BCUT2D eigenvalue weighted by Gasteiger charge is 2.24. The van der Waals surface area contributed by atoms with Crippen molar-refractivity contribution in [1.29, 1.82) is 0 Å². The van der Waals surface area contributed by atoms with Crippen molar-refractivity contribution in [3.05, 3.63) is 65.1 Å². The maximum Gasteiger partial charge on any atom is 0.244 e. The Morgan fingerprint density at radius 2 is 1.97 bits per heavy atom. The molecule has 9 nitrogen and oxygen atoms in total. The number of likely N-dealkylation sites (tertiary alicyclic amines) is 1. The predicted molar refractivity (Wildman–Crippen MR) is 154 cm³/mol. The van der Waals surface area contributed by atoms with E-state index in [0.717, 1.165) is 41.7 Å². The molecule has 4 rings (SSSR count). The van der Waals surface area contributed by atoms with Gasteiger partial charge in [-0.2, -0.15) is 0 Å². The van der Waals surface area contributed by atoms with Gasteiger partial charge >= 0.3 is 0 Å². The maximum absolute atomic E-state index is 12.8. The lowest BCUT2D eigenvalue weighted by atomic mass is 10.1. The van der Waals surface area contributed by atoms with Gasteiger partial charge in [-0.3, -0.25) is 4.90 Å². The van der Waals surface area contributed by atoms with Gasteiger partial charge in [0.1, 0.15) is 33.3 Å². The Morgan fingerprint density at radius 3 is 2.67 bits per heavy atom. The highest BCUT2D eigenvalue weighted by atomic mass is 35.5. The van der Waals surface area contributed by atoms with Gasteiger partial charge in [-0.25, -0.2) is 22.7 Å². The molecule has 1 N–H and O–H groups in total. The lowest BCUT2D eigenvalue weighted by Gasteiger charge is -2.19. The molecule has 0 bridgehead atoms. The van der Waals surface area contributed by atoms with Gasteiger partial charge < -0.3 is 14.8 Å². The normalized spacial score (nSPS) is 16.2. The first-order valence-corrected chi connectivity index (χ1v) is 14.9. The number of anilines is 2. The highest BCUT2D eigenvalue weighted by Crippen LogP contribution is 2.32. The molecule has 1 saturated heterocycles. The van der Waals surface area contributed by atoms with Crippen molar-refractivity contribution in [2.24, 2.45) is 0 Å².